The molecular formula is C31H42N8O7. The molecule has 15 heteroatoms. The summed E-state index contributed by atoms with van der Waals surface area (Å²) in [7, 11) is 0. The number of hydrogen-bond acceptors (Lipinski definition) is 8. The topological polar surface area (TPSA) is 224 Å². The Hall–Kier alpha value is -5.21. The Kier molecular flexibility index (Phi) is 13.3. The maximum atomic E-state index is 13.7. The van der Waals surface area contributed by atoms with Crippen molar-refractivity contribution in [3.05, 3.63) is 70.3 Å². The van der Waals surface area contributed by atoms with Crippen molar-refractivity contribution in [2.45, 2.75) is 70.7 Å². The van der Waals surface area contributed by atoms with E-state index in [9.17, 15) is 29.3 Å². The van der Waals surface area contributed by atoms with E-state index in [4.69, 9.17) is 16.2 Å². The zero-order chi connectivity index (χ0) is 33.6. The van der Waals surface area contributed by atoms with E-state index in [-0.39, 0.29) is 37.1 Å². The van der Waals surface area contributed by atoms with Crippen molar-refractivity contribution in [1.29, 1.82) is 0 Å². The second-order valence-electron chi connectivity index (χ2n) is 11.4. The van der Waals surface area contributed by atoms with Crippen molar-refractivity contribution < 1.29 is 28.8 Å². The minimum Gasteiger partial charge on any atom is -0.445 e. The van der Waals surface area contributed by atoms with Crippen LogP contribution in [0.25, 0.3) is 0 Å². The zero-order valence-corrected chi connectivity index (χ0v) is 26.0. The summed E-state index contributed by atoms with van der Waals surface area (Å²) >= 11 is 0. The Morgan fingerprint density at radius 2 is 1.74 bits per heavy atom. The van der Waals surface area contributed by atoms with Crippen LogP contribution < -0.4 is 27.4 Å². The first-order valence-corrected chi connectivity index (χ1v) is 15.1. The van der Waals surface area contributed by atoms with E-state index >= 15 is 0 Å². The van der Waals surface area contributed by atoms with Gasteiger partial charge in [-0.1, -0.05) is 44.2 Å². The quantitative estimate of drug-likeness (QED) is 0.0634. The van der Waals surface area contributed by atoms with Gasteiger partial charge in [-0.25, -0.2) is 4.79 Å². The maximum Gasteiger partial charge on any atom is 0.408 e. The van der Waals surface area contributed by atoms with Crippen molar-refractivity contribution in [3.63, 3.8) is 0 Å². The number of non-ortho nitro benzene ring substituents is 1. The molecule has 0 saturated carbocycles. The molecule has 0 spiro atoms. The highest BCUT2D eigenvalue weighted by atomic mass is 16.6. The van der Waals surface area contributed by atoms with Crippen LogP contribution >= 0.6 is 0 Å². The minimum absolute atomic E-state index is 0.0382. The lowest BCUT2D eigenvalue weighted by Gasteiger charge is -2.30. The molecule has 248 valence electrons. The summed E-state index contributed by atoms with van der Waals surface area (Å²) in [6.45, 7) is 4.40. The molecule has 3 unspecified atom stereocenters. The smallest absolute Gasteiger partial charge is 0.408 e. The Morgan fingerprint density at radius 1 is 1.04 bits per heavy atom. The second kappa shape index (κ2) is 17.3. The second-order valence-corrected chi connectivity index (χ2v) is 11.4. The van der Waals surface area contributed by atoms with Gasteiger partial charge in [-0.2, -0.15) is 0 Å². The number of carbonyl (C=O) groups excluding carboxylic acids is 4. The number of benzene rings is 2. The number of nitrogens with one attached hydrogen (secondary N) is 3. The predicted molar refractivity (Wildman–Crippen MR) is 171 cm³/mol. The van der Waals surface area contributed by atoms with Crippen LogP contribution in [0.2, 0.25) is 0 Å². The van der Waals surface area contributed by atoms with E-state index in [2.05, 4.69) is 20.9 Å². The first-order valence-electron chi connectivity index (χ1n) is 15.1. The summed E-state index contributed by atoms with van der Waals surface area (Å²) in [5.74, 6) is -1.54. The summed E-state index contributed by atoms with van der Waals surface area (Å²) in [6.07, 6.45) is 1.04. The first-order chi connectivity index (χ1) is 21.9. The highest BCUT2D eigenvalue weighted by molar-refractivity contribution is 5.99. The van der Waals surface area contributed by atoms with Gasteiger partial charge in [0.1, 0.15) is 24.7 Å². The number of hydrogen-bond donors (Lipinski definition) is 5. The molecule has 2 aromatic rings. The third-order valence-corrected chi connectivity index (χ3v) is 7.27. The number of rotatable bonds is 15. The van der Waals surface area contributed by atoms with E-state index in [1.54, 1.807) is 0 Å². The zero-order valence-electron chi connectivity index (χ0n) is 26.0. The van der Waals surface area contributed by atoms with Crippen LogP contribution in [0, 0.1) is 16.0 Å². The van der Waals surface area contributed by atoms with Gasteiger partial charge in [-0.3, -0.25) is 29.5 Å². The maximum absolute atomic E-state index is 13.7. The van der Waals surface area contributed by atoms with Crippen LogP contribution in [0.3, 0.4) is 0 Å². The van der Waals surface area contributed by atoms with Gasteiger partial charge in [-0.15, -0.1) is 0 Å². The number of ether oxygens (including phenoxy) is 1. The number of amides is 4. The number of nitrogens with two attached hydrogens (primary N) is 2. The van der Waals surface area contributed by atoms with Crippen LogP contribution in [0.1, 0.15) is 51.5 Å². The number of alkyl carbamates (subject to hydrolysis) is 1. The van der Waals surface area contributed by atoms with E-state index in [0.717, 1.165) is 5.56 Å². The lowest BCUT2D eigenvalue weighted by molar-refractivity contribution is -0.384. The number of aliphatic imine (C=N–C) groups is 1. The van der Waals surface area contributed by atoms with Crippen molar-refractivity contribution >= 4 is 41.1 Å². The van der Waals surface area contributed by atoms with E-state index in [1.165, 1.54) is 29.2 Å². The van der Waals surface area contributed by atoms with Gasteiger partial charge in [0.05, 0.1) is 4.92 Å². The van der Waals surface area contributed by atoms with Gasteiger partial charge < -0.3 is 37.1 Å². The molecule has 15 nitrogen and oxygen atoms in total. The van der Waals surface area contributed by atoms with Crippen LogP contribution in [0.4, 0.5) is 16.2 Å². The van der Waals surface area contributed by atoms with Gasteiger partial charge in [0.2, 0.25) is 17.7 Å². The molecule has 0 radical (unpaired) electrons. The van der Waals surface area contributed by atoms with E-state index < -0.39 is 46.9 Å². The van der Waals surface area contributed by atoms with Gasteiger partial charge in [0.25, 0.3) is 5.69 Å². The lowest BCUT2D eigenvalue weighted by atomic mass is 10.0. The van der Waals surface area contributed by atoms with Gasteiger partial charge in [-0.05, 0) is 55.7 Å². The van der Waals surface area contributed by atoms with Gasteiger partial charge in [0.15, 0.2) is 5.96 Å². The number of nitro groups is 1. The molecule has 1 heterocycles. The Bertz CT molecular complexity index is 1380. The monoisotopic (exact) mass is 638 g/mol. The van der Waals surface area contributed by atoms with Crippen LogP contribution in [0.5, 0.6) is 0 Å². The Labute approximate surface area is 267 Å². The van der Waals surface area contributed by atoms with Crippen molar-refractivity contribution in [2.24, 2.45) is 22.4 Å². The number of guanidine groups is 1. The third kappa shape index (κ3) is 11.1. The summed E-state index contributed by atoms with van der Waals surface area (Å²) in [5, 5.41) is 19.1. The molecule has 1 saturated heterocycles. The predicted octanol–water partition coefficient (Wildman–Crippen LogP) is 2.40. The van der Waals surface area contributed by atoms with Crippen molar-refractivity contribution in [2.75, 3.05) is 18.4 Å². The van der Waals surface area contributed by atoms with E-state index in [1.807, 2.05) is 44.2 Å². The molecule has 0 aromatic heterocycles. The molecule has 2 aromatic carbocycles. The summed E-state index contributed by atoms with van der Waals surface area (Å²) < 4.78 is 5.33. The van der Waals surface area contributed by atoms with Gasteiger partial charge >= 0.3 is 6.09 Å². The largest absolute Gasteiger partial charge is 0.445 e. The highest BCUT2D eigenvalue weighted by Gasteiger charge is 2.39. The minimum atomic E-state index is -1.02. The van der Waals surface area contributed by atoms with Crippen LogP contribution in [0.15, 0.2) is 59.6 Å². The molecule has 4 amide bonds. The highest BCUT2D eigenvalue weighted by Crippen LogP contribution is 2.22. The molecule has 1 aliphatic heterocycles. The van der Waals surface area contributed by atoms with Gasteiger partial charge in [0, 0.05) is 30.9 Å². The SMILES string of the molecule is CC(C)CC(NC(=O)OCc1ccccc1)C(=O)N1CCCC1C(=O)NC(CCCN=C(N)N)C(=O)Nc1ccc([N+](=O)[O-])cc1. The number of carbonyl (C=O) groups is 4. The molecule has 3 rings (SSSR count). The third-order valence-electron chi connectivity index (χ3n) is 7.27. The summed E-state index contributed by atoms with van der Waals surface area (Å²) in [4.78, 5) is 69.0. The molecule has 1 aliphatic rings. The molecule has 0 aliphatic carbocycles. The fraction of sp³-hybridized carbons (Fsp3) is 0.452. The first kappa shape index (κ1) is 35.3. The molecular weight excluding hydrogens is 596 g/mol. The molecule has 3 atom stereocenters. The fourth-order valence-corrected chi connectivity index (χ4v) is 5.04. The fourth-order valence-electron chi connectivity index (χ4n) is 5.04. The van der Waals surface area contributed by atoms with Crippen molar-refractivity contribution in [3.8, 4) is 0 Å². The Balaban J connectivity index is 1.69. The number of nitrogens with zero attached hydrogens (tertiary/aromatic N) is 3. The molecule has 0 bridgehead atoms. The standard InChI is InChI=1S/C31H42N8O7/c1-20(2)18-25(37-31(43)46-19-21-8-4-3-5-9-21)29(42)38-17-7-11-26(38)28(41)36-24(10-6-16-34-30(32)33)27(40)35-22-12-14-23(15-13-22)39(44)45/h3-5,8-9,12-15,20,24-26H,6-7,10-11,16-19H2,1-2H3,(H,35,40)(H,36,41)(H,37,43)(H4,32,33,34). The average Bonchev–Trinajstić information content (AvgIpc) is 3.51. The number of anilines is 1. The lowest BCUT2D eigenvalue weighted by Crippen LogP contribution is -2.56. The molecule has 7 N–H and O–H groups in total. The summed E-state index contributed by atoms with van der Waals surface area (Å²) in [6, 6.07) is 11.6. The molecule has 46 heavy (non-hydrogen) atoms. The number of nitro benzene ring substituents is 1. The average molecular weight is 639 g/mol. The normalized spacial score (nSPS) is 15.4. The van der Waals surface area contributed by atoms with Crippen molar-refractivity contribution in [1.82, 2.24) is 15.5 Å². The van der Waals surface area contributed by atoms with Crippen LogP contribution in [-0.2, 0) is 25.7 Å². The van der Waals surface area contributed by atoms with E-state index in [0.29, 0.717) is 37.9 Å². The number of likely N-dealkylation sites (tertiary alicyclic amines) is 1. The molecule has 1 fully saturated rings. The van der Waals surface area contributed by atoms with Crippen LogP contribution in [-0.4, -0.2) is 70.8 Å². The summed E-state index contributed by atoms with van der Waals surface area (Å²) in [5.41, 5.74) is 11.8. The Morgan fingerprint density at radius 3 is 2.37 bits per heavy atom.